The van der Waals surface area contributed by atoms with E-state index in [1.807, 2.05) is 18.2 Å². The van der Waals surface area contributed by atoms with Crippen LogP contribution in [-0.4, -0.2) is 31.1 Å². The number of hydrogen-bond donors (Lipinski definition) is 1. The normalized spacial score (nSPS) is 10.4. The summed E-state index contributed by atoms with van der Waals surface area (Å²) in [5.41, 5.74) is 1.73. The average Bonchev–Trinajstić information content (AvgIpc) is 2.40. The first-order chi connectivity index (χ1) is 8.71. The van der Waals surface area contributed by atoms with Gasteiger partial charge in [0, 0.05) is 16.7 Å². The highest BCUT2D eigenvalue weighted by Crippen LogP contribution is 2.23. The first-order valence-electron chi connectivity index (χ1n) is 6.37. The van der Waals surface area contributed by atoms with Crippen LogP contribution < -0.4 is 5.32 Å². The lowest BCUT2D eigenvalue weighted by Crippen LogP contribution is -2.25. The second kappa shape index (κ2) is 8.12. The molecule has 1 N–H and O–H groups in total. The van der Waals surface area contributed by atoms with E-state index in [-0.39, 0.29) is 0 Å². The van der Waals surface area contributed by atoms with Gasteiger partial charge in [-0.2, -0.15) is 5.26 Å². The minimum Gasteiger partial charge on any atom is -0.384 e. The lowest BCUT2D eigenvalue weighted by Gasteiger charge is -2.18. The molecule has 18 heavy (non-hydrogen) atoms. The smallest absolute Gasteiger partial charge is 0.0992 e. The first-order valence-corrected chi connectivity index (χ1v) is 7.16. The van der Waals surface area contributed by atoms with Crippen LogP contribution in [0.25, 0.3) is 0 Å². The van der Waals surface area contributed by atoms with Gasteiger partial charge in [0.05, 0.1) is 11.6 Å². The van der Waals surface area contributed by atoms with Crippen LogP contribution in [0.2, 0.25) is 0 Å². The van der Waals surface area contributed by atoms with Crippen molar-refractivity contribution in [1.29, 1.82) is 5.26 Å². The van der Waals surface area contributed by atoms with Gasteiger partial charge in [0.2, 0.25) is 0 Å². The van der Waals surface area contributed by atoms with E-state index < -0.39 is 0 Å². The predicted octanol–water partition coefficient (Wildman–Crippen LogP) is 3.46. The summed E-state index contributed by atoms with van der Waals surface area (Å²) in [5, 5.41) is 12.2. The Hall–Kier alpha value is -1.05. The molecule has 98 valence electrons. The van der Waals surface area contributed by atoms with Crippen molar-refractivity contribution < 1.29 is 0 Å². The molecular weight excluding hydrogens is 290 g/mol. The van der Waals surface area contributed by atoms with Crippen LogP contribution in [0.1, 0.15) is 25.8 Å². The molecule has 0 spiro atoms. The van der Waals surface area contributed by atoms with Crippen molar-refractivity contribution in [2.24, 2.45) is 0 Å². The molecule has 0 aromatic heterocycles. The molecular formula is C14H20BrN3. The maximum Gasteiger partial charge on any atom is 0.0992 e. The summed E-state index contributed by atoms with van der Waals surface area (Å²) in [6.45, 7) is 8.66. The molecule has 0 atom stereocenters. The Morgan fingerprint density at radius 3 is 2.61 bits per heavy atom. The molecule has 0 aliphatic rings. The fraction of sp³-hybridized carbons (Fsp3) is 0.500. The third-order valence-corrected chi connectivity index (χ3v) is 3.62. The maximum absolute atomic E-state index is 8.79. The highest BCUT2D eigenvalue weighted by atomic mass is 79.9. The van der Waals surface area contributed by atoms with E-state index in [1.165, 1.54) is 0 Å². The van der Waals surface area contributed by atoms with E-state index in [2.05, 4.69) is 46.1 Å². The number of nitriles is 1. The standard InChI is InChI=1S/C14H20BrN3/c1-3-18(4-2)9-5-8-17-14-7-6-12(11-16)10-13(14)15/h6-7,10,17H,3-5,8-9H2,1-2H3. The van der Waals surface area contributed by atoms with E-state index >= 15 is 0 Å². The van der Waals surface area contributed by atoms with Crippen LogP contribution in [0.4, 0.5) is 5.69 Å². The van der Waals surface area contributed by atoms with Gasteiger partial charge in [0.1, 0.15) is 0 Å². The Morgan fingerprint density at radius 2 is 2.06 bits per heavy atom. The number of anilines is 1. The lowest BCUT2D eigenvalue weighted by molar-refractivity contribution is 0.303. The van der Waals surface area contributed by atoms with E-state index in [9.17, 15) is 0 Å². The molecule has 1 aromatic carbocycles. The molecule has 0 fully saturated rings. The molecule has 3 nitrogen and oxygen atoms in total. The summed E-state index contributed by atoms with van der Waals surface area (Å²) in [6.07, 6.45) is 1.12. The van der Waals surface area contributed by atoms with E-state index in [0.717, 1.165) is 42.8 Å². The third-order valence-electron chi connectivity index (χ3n) is 2.96. The molecule has 0 saturated carbocycles. The average molecular weight is 310 g/mol. The molecule has 0 heterocycles. The van der Waals surface area contributed by atoms with Crippen LogP contribution in [0, 0.1) is 11.3 Å². The highest BCUT2D eigenvalue weighted by Gasteiger charge is 2.02. The first kappa shape index (κ1) is 15.0. The Morgan fingerprint density at radius 1 is 1.33 bits per heavy atom. The quantitative estimate of drug-likeness (QED) is 0.784. The summed E-state index contributed by atoms with van der Waals surface area (Å²) in [7, 11) is 0. The zero-order valence-corrected chi connectivity index (χ0v) is 12.6. The highest BCUT2D eigenvalue weighted by molar-refractivity contribution is 9.10. The number of hydrogen-bond acceptors (Lipinski definition) is 3. The Kier molecular flexibility index (Phi) is 6.77. The van der Waals surface area contributed by atoms with Gasteiger partial charge in [0.15, 0.2) is 0 Å². The van der Waals surface area contributed by atoms with Gasteiger partial charge in [-0.3, -0.25) is 0 Å². The number of benzene rings is 1. The molecule has 4 heteroatoms. The minimum absolute atomic E-state index is 0.676. The second-order valence-electron chi connectivity index (χ2n) is 4.11. The molecule has 0 saturated heterocycles. The van der Waals surface area contributed by atoms with E-state index in [4.69, 9.17) is 5.26 Å². The predicted molar refractivity (Wildman–Crippen MR) is 79.8 cm³/mol. The summed E-state index contributed by atoms with van der Waals surface area (Å²) >= 11 is 3.47. The van der Waals surface area contributed by atoms with Crippen LogP contribution in [0.15, 0.2) is 22.7 Å². The molecule has 0 unspecified atom stereocenters. The zero-order valence-electron chi connectivity index (χ0n) is 11.0. The lowest BCUT2D eigenvalue weighted by atomic mass is 10.2. The van der Waals surface area contributed by atoms with Crippen molar-refractivity contribution >= 4 is 21.6 Å². The molecule has 0 aliphatic carbocycles. The molecule has 1 aromatic rings. The van der Waals surface area contributed by atoms with Gasteiger partial charge in [-0.1, -0.05) is 13.8 Å². The second-order valence-corrected chi connectivity index (χ2v) is 4.97. The third kappa shape index (κ3) is 4.67. The van der Waals surface area contributed by atoms with Gasteiger partial charge in [-0.15, -0.1) is 0 Å². The SMILES string of the molecule is CCN(CC)CCCNc1ccc(C#N)cc1Br. The largest absolute Gasteiger partial charge is 0.384 e. The van der Waals surface area contributed by atoms with Crippen molar-refractivity contribution in [2.75, 3.05) is 31.5 Å². The number of nitrogens with zero attached hydrogens (tertiary/aromatic N) is 2. The Bertz CT molecular complexity index is 408. The van der Waals surface area contributed by atoms with E-state index in [0.29, 0.717) is 5.56 Å². The number of halogens is 1. The summed E-state index contributed by atoms with van der Waals surface area (Å²) in [4.78, 5) is 2.41. The Labute approximate surface area is 118 Å². The minimum atomic E-state index is 0.676. The summed E-state index contributed by atoms with van der Waals surface area (Å²) in [5.74, 6) is 0. The fourth-order valence-electron chi connectivity index (χ4n) is 1.79. The van der Waals surface area contributed by atoms with Crippen molar-refractivity contribution in [2.45, 2.75) is 20.3 Å². The topological polar surface area (TPSA) is 39.1 Å². The molecule has 0 aliphatic heterocycles. The number of nitrogens with one attached hydrogen (secondary N) is 1. The van der Waals surface area contributed by atoms with Gasteiger partial charge >= 0.3 is 0 Å². The molecule has 0 bridgehead atoms. The van der Waals surface area contributed by atoms with Gasteiger partial charge in [0.25, 0.3) is 0 Å². The number of rotatable bonds is 7. The molecule has 1 rings (SSSR count). The summed E-state index contributed by atoms with van der Waals surface area (Å²) in [6, 6.07) is 7.74. The van der Waals surface area contributed by atoms with Gasteiger partial charge in [-0.05, 0) is 60.2 Å². The van der Waals surface area contributed by atoms with Crippen LogP contribution in [0.5, 0.6) is 0 Å². The van der Waals surface area contributed by atoms with Crippen molar-refractivity contribution in [3.63, 3.8) is 0 Å². The fourth-order valence-corrected chi connectivity index (χ4v) is 2.31. The van der Waals surface area contributed by atoms with Crippen LogP contribution in [0.3, 0.4) is 0 Å². The van der Waals surface area contributed by atoms with Gasteiger partial charge in [-0.25, -0.2) is 0 Å². The van der Waals surface area contributed by atoms with Crippen LogP contribution >= 0.6 is 15.9 Å². The maximum atomic E-state index is 8.79. The van der Waals surface area contributed by atoms with Crippen LogP contribution in [-0.2, 0) is 0 Å². The van der Waals surface area contributed by atoms with E-state index in [1.54, 1.807) is 0 Å². The Balaban J connectivity index is 2.38. The van der Waals surface area contributed by atoms with Gasteiger partial charge < -0.3 is 10.2 Å². The molecule has 0 radical (unpaired) electrons. The van der Waals surface area contributed by atoms with Crippen molar-refractivity contribution in [3.05, 3.63) is 28.2 Å². The summed E-state index contributed by atoms with van der Waals surface area (Å²) < 4.78 is 0.949. The monoisotopic (exact) mass is 309 g/mol. The zero-order chi connectivity index (χ0) is 13.4. The molecule has 0 amide bonds. The van der Waals surface area contributed by atoms with Crippen molar-refractivity contribution in [1.82, 2.24) is 4.90 Å². The van der Waals surface area contributed by atoms with Crippen molar-refractivity contribution in [3.8, 4) is 6.07 Å².